The lowest BCUT2D eigenvalue weighted by atomic mass is 10.1. The van der Waals surface area contributed by atoms with Gasteiger partial charge < -0.3 is 0 Å². The molecular weight excluding hydrogens is 270 g/mol. The van der Waals surface area contributed by atoms with Crippen LogP contribution in [-0.2, 0) is 5.54 Å². The maximum atomic E-state index is 11.3. The van der Waals surface area contributed by atoms with Crippen molar-refractivity contribution in [3.8, 4) is 11.3 Å². The van der Waals surface area contributed by atoms with Crippen LogP contribution in [0.25, 0.3) is 21.5 Å². The molecule has 0 spiro atoms. The summed E-state index contributed by atoms with van der Waals surface area (Å²) >= 11 is 1.64. The fourth-order valence-electron chi connectivity index (χ4n) is 2.02. The lowest BCUT2D eigenvalue weighted by Gasteiger charge is -2.18. The number of aldehydes is 1. The Hall–Kier alpha value is -2.01. The largest absolute Gasteiger partial charge is 0.298 e. The zero-order valence-electron chi connectivity index (χ0n) is 11.6. The molecule has 20 heavy (non-hydrogen) atoms. The summed E-state index contributed by atoms with van der Waals surface area (Å²) in [5.41, 5.74) is 2.98. The third-order valence-corrected chi connectivity index (χ3v) is 3.99. The Morgan fingerprint density at radius 1 is 1.35 bits per heavy atom. The molecule has 102 valence electrons. The lowest BCUT2D eigenvalue weighted by molar-refractivity contribution is 0.112. The number of pyridine rings is 1. The molecule has 0 saturated heterocycles. The van der Waals surface area contributed by atoms with Gasteiger partial charge in [-0.2, -0.15) is 5.10 Å². The van der Waals surface area contributed by atoms with E-state index in [1.165, 1.54) is 0 Å². The SMILES string of the molecule is CC(C)(C)n1cc(C=O)c(-c2cnc3ccsc3c2)n1. The smallest absolute Gasteiger partial charge is 0.153 e. The van der Waals surface area contributed by atoms with Gasteiger partial charge in [0.05, 0.1) is 21.3 Å². The van der Waals surface area contributed by atoms with Gasteiger partial charge in [-0.25, -0.2) is 0 Å². The molecule has 0 saturated carbocycles. The molecule has 0 N–H and O–H groups in total. The Bertz CT molecular complexity index is 780. The molecule has 3 aromatic rings. The summed E-state index contributed by atoms with van der Waals surface area (Å²) in [6, 6.07) is 4.02. The van der Waals surface area contributed by atoms with Crippen LogP contribution in [0, 0.1) is 0 Å². The molecule has 3 rings (SSSR count). The lowest BCUT2D eigenvalue weighted by Crippen LogP contribution is -2.22. The molecule has 0 aliphatic heterocycles. The van der Waals surface area contributed by atoms with Crippen molar-refractivity contribution < 1.29 is 4.79 Å². The van der Waals surface area contributed by atoms with Gasteiger partial charge in [-0.3, -0.25) is 14.5 Å². The van der Waals surface area contributed by atoms with Crippen LogP contribution in [0.4, 0.5) is 0 Å². The van der Waals surface area contributed by atoms with E-state index in [9.17, 15) is 4.79 Å². The predicted octanol–water partition coefficient (Wildman–Crippen LogP) is 3.73. The highest BCUT2D eigenvalue weighted by atomic mass is 32.1. The molecule has 3 heterocycles. The van der Waals surface area contributed by atoms with Gasteiger partial charge in [-0.15, -0.1) is 11.3 Å². The summed E-state index contributed by atoms with van der Waals surface area (Å²) in [6.07, 6.45) is 4.42. The van der Waals surface area contributed by atoms with Gasteiger partial charge in [-0.1, -0.05) is 0 Å². The number of hydrogen-bond donors (Lipinski definition) is 0. The molecule has 5 heteroatoms. The van der Waals surface area contributed by atoms with Crippen molar-refractivity contribution in [2.45, 2.75) is 26.3 Å². The minimum Gasteiger partial charge on any atom is -0.298 e. The van der Waals surface area contributed by atoms with Crippen molar-refractivity contribution in [3.05, 3.63) is 35.5 Å². The van der Waals surface area contributed by atoms with Crippen molar-refractivity contribution in [2.24, 2.45) is 0 Å². The summed E-state index contributed by atoms with van der Waals surface area (Å²) in [5.74, 6) is 0. The molecule has 0 bridgehead atoms. The normalized spacial score (nSPS) is 11.9. The van der Waals surface area contributed by atoms with Gasteiger partial charge in [0.1, 0.15) is 5.69 Å². The summed E-state index contributed by atoms with van der Waals surface area (Å²) in [6.45, 7) is 6.16. The highest BCUT2D eigenvalue weighted by Gasteiger charge is 2.19. The van der Waals surface area contributed by atoms with E-state index in [-0.39, 0.29) is 5.54 Å². The number of carbonyl (C=O) groups excluding carboxylic acids is 1. The summed E-state index contributed by atoms with van der Waals surface area (Å²) in [4.78, 5) is 15.7. The third kappa shape index (κ3) is 2.14. The highest BCUT2D eigenvalue weighted by Crippen LogP contribution is 2.28. The number of aromatic nitrogens is 3. The van der Waals surface area contributed by atoms with E-state index in [0.29, 0.717) is 11.3 Å². The summed E-state index contributed by atoms with van der Waals surface area (Å²) < 4.78 is 2.93. The minimum atomic E-state index is -0.156. The summed E-state index contributed by atoms with van der Waals surface area (Å²) in [7, 11) is 0. The van der Waals surface area contributed by atoms with Gasteiger partial charge in [0.2, 0.25) is 0 Å². The van der Waals surface area contributed by atoms with Gasteiger partial charge >= 0.3 is 0 Å². The molecule has 0 aliphatic rings. The second-order valence-electron chi connectivity index (χ2n) is 5.69. The standard InChI is InChI=1S/C15H15N3OS/c1-15(2,3)18-8-11(9-19)14(17-18)10-6-13-12(16-7-10)4-5-20-13/h4-9H,1-3H3. The van der Waals surface area contributed by atoms with Crippen LogP contribution >= 0.6 is 11.3 Å². The quantitative estimate of drug-likeness (QED) is 0.674. The fraction of sp³-hybridized carbons (Fsp3) is 0.267. The molecule has 0 aromatic carbocycles. The maximum absolute atomic E-state index is 11.3. The molecule has 0 atom stereocenters. The molecular formula is C15H15N3OS. The second-order valence-corrected chi connectivity index (χ2v) is 6.64. The molecule has 0 unspecified atom stereocenters. The molecule has 4 nitrogen and oxygen atoms in total. The zero-order valence-corrected chi connectivity index (χ0v) is 12.4. The van der Waals surface area contributed by atoms with E-state index >= 15 is 0 Å². The van der Waals surface area contributed by atoms with Crippen molar-refractivity contribution in [2.75, 3.05) is 0 Å². The second kappa shape index (κ2) is 4.52. The molecule has 0 radical (unpaired) electrons. The molecule has 0 fully saturated rings. The predicted molar refractivity (Wildman–Crippen MR) is 81.2 cm³/mol. The van der Waals surface area contributed by atoms with Gasteiger partial charge in [0.25, 0.3) is 0 Å². The van der Waals surface area contributed by atoms with E-state index in [2.05, 4.69) is 30.9 Å². The molecule has 0 amide bonds. The Kier molecular flexibility index (Phi) is 2.94. The van der Waals surface area contributed by atoms with Crippen LogP contribution in [0.3, 0.4) is 0 Å². The van der Waals surface area contributed by atoms with Crippen LogP contribution in [0.2, 0.25) is 0 Å². The zero-order chi connectivity index (χ0) is 14.3. The van der Waals surface area contributed by atoms with E-state index in [1.807, 2.05) is 22.2 Å². The first-order valence-electron chi connectivity index (χ1n) is 6.38. The Balaban J connectivity index is 2.17. The first-order chi connectivity index (χ1) is 9.49. The van der Waals surface area contributed by atoms with Crippen molar-refractivity contribution in [1.82, 2.24) is 14.8 Å². The molecule has 3 aromatic heterocycles. The average molecular weight is 285 g/mol. The van der Waals surface area contributed by atoms with Gasteiger partial charge in [0, 0.05) is 18.0 Å². The van der Waals surface area contributed by atoms with Crippen LogP contribution in [0.1, 0.15) is 31.1 Å². The number of thiophene rings is 1. The van der Waals surface area contributed by atoms with Gasteiger partial charge in [0.15, 0.2) is 6.29 Å². The Morgan fingerprint density at radius 2 is 2.15 bits per heavy atom. The van der Waals surface area contributed by atoms with E-state index in [4.69, 9.17) is 0 Å². The number of nitrogens with zero attached hydrogens (tertiary/aromatic N) is 3. The monoisotopic (exact) mass is 285 g/mol. The van der Waals surface area contributed by atoms with Gasteiger partial charge in [-0.05, 0) is 38.3 Å². The highest BCUT2D eigenvalue weighted by molar-refractivity contribution is 7.17. The number of fused-ring (bicyclic) bond motifs is 1. The van der Waals surface area contributed by atoms with E-state index in [1.54, 1.807) is 23.7 Å². The number of rotatable bonds is 2. The maximum Gasteiger partial charge on any atom is 0.153 e. The Labute approximate surface area is 121 Å². The first kappa shape index (κ1) is 13.0. The van der Waals surface area contributed by atoms with Crippen LogP contribution < -0.4 is 0 Å². The van der Waals surface area contributed by atoms with Crippen molar-refractivity contribution >= 4 is 27.8 Å². The van der Waals surface area contributed by atoms with Crippen LogP contribution in [-0.4, -0.2) is 21.1 Å². The van der Waals surface area contributed by atoms with Crippen LogP contribution in [0.5, 0.6) is 0 Å². The first-order valence-corrected chi connectivity index (χ1v) is 7.26. The number of carbonyl (C=O) groups is 1. The average Bonchev–Trinajstić information content (AvgIpc) is 3.03. The summed E-state index contributed by atoms with van der Waals surface area (Å²) in [5, 5.41) is 6.57. The number of hydrogen-bond acceptors (Lipinski definition) is 4. The third-order valence-electron chi connectivity index (χ3n) is 3.13. The topological polar surface area (TPSA) is 47.8 Å². The fourth-order valence-corrected chi connectivity index (χ4v) is 2.80. The Morgan fingerprint density at radius 3 is 2.85 bits per heavy atom. The van der Waals surface area contributed by atoms with Crippen molar-refractivity contribution in [1.29, 1.82) is 0 Å². The van der Waals surface area contributed by atoms with E-state index in [0.717, 1.165) is 22.1 Å². The van der Waals surface area contributed by atoms with Crippen LogP contribution in [0.15, 0.2) is 29.9 Å². The molecule has 0 aliphatic carbocycles. The van der Waals surface area contributed by atoms with Crippen molar-refractivity contribution in [3.63, 3.8) is 0 Å². The minimum absolute atomic E-state index is 0.156. The van der Waals surface area contributed by atoms with E-state index < -0.39 is 0 Å².